The molecule has 8 nitrogen and oxygen atoms in total. The molecule has 1 aliphatic rings. The minimum absolute atomic E-state index is 0.170. The summed E-state index contributed by atoms with van der Waals surface area (Å²) in [7, 11) is 1.58. The number of rotatable bonds is 9. The van der Waals surface area contributed by atoms with Crippen molar-refractivity contribution in [2.24, 2.45) is 0 Å². The summed E-state index contributed by atoms with van der Waals surface area (Å²) in [6.45, 7) is 6.32. The van der Waals surface area contributed by atoms with E-state index in [1.54, 1.807) is 31.4 Å². The van der Waals surface area contributed by atoms with E-state index in [0.29, 0.717) is 35.4 Å². The molecule has 1 N–H and O–H groups in total. The number of halogens is 1. The van der Waals surface area contributed by atoms with Gasteiger partial charge in [0.15, 0.2) is 11.5 Å². The fraction of sp³-hybridized carbons (Fsp3) is 0.179. The van der Waals surface area contributed by atoms with Gasteiger partial charge in [-0.25, -0.2) is 9.69 Å². The van der Waals surface area contributed by atoms with Gasteiger partial charge in [0, 0.05) is 16.9 Å². The monoisotopic (exact) mass is 519 g/mol. The zero-order valence-electron chi connectivity index (χ0n) is 20.5. The Morgan fingerprint density at radius 3 is 2.62 bits per heavy atom. The van der Waals surface area contributed by atoms with Crippen LogP contribution in [0.4, 0.5) is 10.5 Å². The van der Waals surface area contributed by atoms with Crippen molar-refractivity contribution >= 4 is 41.2 Å². The number of benzene rings is 2. The fourth-order valence-corrected chi connectivity index (χ4v) is 4.08. The molecule has 0 saturated carbocycles. The topological polar surface area (TPSA) is 89.9 Å². The molecule has 4 rings (SSSR count). The highest BCUT2D eigenvalue weighted by atomic mass is 35.5. The minimum atomic E-state index is -0.830. The number of allylic oxidation sites excluding steroid dienone is 1. The molecule has 37 heavy (non-hydrogen) atoms. The average molecular weight is 520 g/mol. The molecule has 1 saturated heterocycles. The maximum Gasteiger partial charge on any atom is 0.335 e. The molecule has 2 aromatic carbocycles. The zero-order valence-corrected chi connectivity index (χ0v) is 21.2. The summed E-state index contributed by atoms with van der Waals surface area (Å²) in [6, 6.07) is 13.3. The lowest BCUT2D eigenvalue weighted by Crippen LogP contribution is -2.54. The fourth-order valence-electron chi connectivity index (χ4n) is 3.90. The molecule has 1 fully saturated rings. The second-order valence-electron chi connectivity index (χ2n) is 8.34. The molecule has 2 heterocycles. The number of aryl methyl sites for hydroxylation is 1. The van der Waals surface area contributed by atoms with E-state index in [-0.39, 0.29) is 11.3 Å². The first-order chi connectivity index (χ1) is 17.8. The van der Waals surface area contributed by atoms with E-state index in [1.807, 2.05) is 42.0 Å². The van der Waals surface area contributed by atoms with Gasteiger partial charge in [-0.1, -0.05) is 29.8 Å². The van der Waals surface area contributed by atoms with E-state index >= 15 is 0 Å². The Bertz CT molecular complexity index is 1410. The predicted octanol–water partition coefficient (Wildman–Crippen LogP) is 4.93. The number of imide groups is 2. The Kier molecular flexibility index (Phi) is 7.79. The molecule has 0 unspecified atom stereocenters. The Hall–Kier alpha value is -4.30. The molecule has 1 aromatic heterocycles. The number of carbonyl (C=O) groups excluding carboxylic acids is 3. The number of hydrogen-bond donors (Lipinski definition) is 1. The highest BCUT2D eigenvalue weighted by Gasteiger charge is 2.37. The van der Waals surface area contributed by atoms with E-state index in [2.05, 4.69) is 11.9 Å². The number of anilines is 1. The number of ether oxygens (including phenoxy) is 2. The van der Waals surface area contributed by atoms with Crippen molar-refractivity contribution in [3.63, 3.8) is 0 Å². The quantitative estimate of drug-likeness (QED) is 0.246. The molecule has 0 atom stereocenters. The number of amides is 4. The minimum Gasteiger partial charge on any atom is -0.493 e. The third-order valence-electron chi connectivity index (χ3n) is 5.87. The van der Waals surface area contributed by atoms with Gasteiger partial charge in [0.05, 0.1) is 19.3 Å². The number of nitrogens with one attached hydrogen (secondary N) is 1. The van der Waals surface area contributed by atoms with Crippen molar-refractivity contribution in [1.29, 1.82) is 0 Å². The summed E-state index contributed by atoms with van der Waals surface area (Å²) in [6.07, 6.45) is 5.82. The van der Waals surface area contributed by atoms with E-state index < -0.39 is 17.8 Å². The van der Waals surface area contributed by atoms with E-state index in [9.17, 15) is 14.4 Å². The van der Waals surface area contributed by atoms with Gasteiger partial charge in [0.1, 0.15) is 12.2 Å². The van der Waals surface area contributed by atoms with E-state index in [1.165, 1.54) is 12.1 Å². The highest BCUT2D eigenvalue weighted by molar-refractivity contribution is 6.39. The lowest BCUT2D eigenvalue weighted by molar-refractivity contribution is -0.122. The van der Waals surface area contributed by atoms with Gasteiger partial charge in [-0.05, 0) is 66.9 Å². The summed E-state index contributed by atoms with van der Waals surface area (Å²) < 4.78 is 13.2. The van der Waals surface area contributed by atoms with Gasteiger partial charge in [-0.3, -0.25) is 14.9 Å². The molecular formula is C28H26ClN3O5. The second-order valence-corrected chi connectivity index (χ2v) is 8.75. The van der Waals surface area contributed by atoms with Crippen molar-refractivity contribution in [3.8, 4) is 11.5 Å². The second kappa shape index (κ2) is 11.2. The van der Waals surface area contributed by atoms with Crippen molar-refractivity contribution in [3.05, 3.63) is 94.8 Å². The van der Waals surface area contributed by atoms with Crippen LogP contribution < -0.4 is 19.7 Å². The van der Waals surface area contributed by atoms with Gasteiger partial charge in [0.25, 0.3) is 11.8 Å². The molecule has 3 aromatic rings. The number of methoxy groups -OCH3 is 1. The first-order valence-corrected chi connectivity index (χ1v) is 11.9. The van der Waals surface area contributed by atoms with Crippen LogP contribution in [0, 0.1) is 6.92 Å². The van der Waals surface area contributed by atoms with Crippen LogP contribution in [0.2, 0.25) is 5.02 Å². The molecule has 0 bridgehead atoms. The van der Waals surface area contributed by atoms with Gasteiger partial charge in [0.2, 0.25) is 0 Å². The van der Waals surface area contributed by atoms with Crippen molar-refractivity contribution in [2.75, 3.05) is 18.6 Å². The maximum absolute atomic E-state index is 13.2. The number of aromatic nitrogens is 1. The van der Waals surface area contributed by atoms with Crippen LogP contribution in [-0.4, -0.2) is 36.1 Å². The normalized spacial score (nSPS) is 14.6. The average Bonchev–Trinajstić information content (AvgIpc) is 3.31. The number of urea groups is 1. The van der Waals surface area contributed by atoms with Crippen LogP contribution >= 0.6 is 11.6 Å². The maximum atomic E-state index is 13.2. The van der Waals surface area contributed by atoms with Crippen molar-refractivity contribution in [1.82, 2.24) is 9.88 Å². The lowest BCUT2D eigenvalue weighted by Gasteiger charge is -2.26. The van der Waals surface area contributed by atoms with Gasteiger partial charge in [-0.2, -0.15) is 0 Å². The van der Waals surface area contributed by atoms with Gasteiger partial charge in [-0.15, -0.1) is 6.58 Å². The van der Waals surface area contributed by atoms with Crippen LogP contribution in [-0.2, 0) is 22.6 Å². The first-order valence-electron chi connectivity index (χ1n) is 11.6. The van der Waals surface area contributed by atoms with Crippen molar-refractivity contribution < 1.29 is 23.9 Å². The number of hydrogen-bond acceptors (Lipinski definition) is 5. The molecule has 9 heteroatoms. The molecule has 190 valence electrons. The summed E-state index contributed by atoms with van der Waals surface area (Å²) in [5.74, 6) is -0.269. The summed E-state index contributed by atoms with van der Waals surface area (Å²) in [5.41, 5.74) is 2.57. The largest absolute Gasteiger partial charge is 0.493 e. The summed E-state index contributed by atoms with van der Waals surface area (Å²) in [4.78, 5) is 39.1. The molecular weight excluding hydrogens is 494 g/mol. The molecule has 0 spiro atoms. The Morgan fingerprint density at radius 2 is 1.89 bits per heavy atom. The van der Waals surface area contributed by atoms with Gasteiger partial charge < -0.3 is 14.0 Å². The first kappa shape index (κ1) is 25.8. The van der Waals surface area contributed by atoms with Crippen LogP contribution in [0.3, 0.4) is 0 Å². The van der Waals surface area contributed by atoms with Crippen LogP contribution in [0.25, 0.3) is 6.08 Å². The SMILES string of the molecule is C=CCc1ccc(OCCn2cccc2/C=C2/C(=O)NC(=O)N(c3ccc(C)c(Cl)c3)C2=O)c(OC)c1. The van der Waals surface area contributed by atoms with Crippen molar-refractivity contribution in [2.45, 2.75) is 19.9 Å². The molecule has 0 aliphatic carbocycles. The van der Waals surface area contributed by atoms with E-state index in [0.717, 1.165) is 22.4 Å². The summed E-state index contributed by atoms with van der Waals surface area (Å²) in [5, 5.41) is 2.63. The zero-order chi connectivity index (χ0) is 26.5. The summed E-state index contributed by atoms with van der Waals surface area (Å²) >= 11 is 6.18. The molecule has 1 aliphatic heterocycles. The Labute approximate surface area is 219 Å². The Balaban J connectivity index is 1.51. The lowest BCUT2D eigenvalue weighted by atomic mass is 10.1. The van der Waals surface area contributed by atoms with Gasteiger partial charge >= 0.3 is 6.03 Å². The Morgan fingerprint density at radius 1 is 1.08 bits per heavy atom. The predicted molar refractivity (Wildman–Crippen MR) is 142 cm³/mol. The van der Waals surface area contributed by atoms with E-state index in [4.69, 9.17) is 21.1 Å². The highest BCUT2D eigenvalue weighted by Crippen LogP contribution is 2.29. The molecule has 4 amide bonds. The number of nitrogens with zero attached hydrogens (tertiary/aromatic N) is 2. The third kappa shape index (κ3) is 5.59. The number of barbiturate groups is 1. The van der Waals surface area contributed by atoms with Crippen LogP contribution in [0.1, 0.15) is 16.8 Å². The third-order valence-corrected chi connectivity index (χ3v) is 6.28. The molecule has 0 radical (unpaired) electrons. The standard InChI is InChI=1S/C28H26ClN3O5/c1-4-6-19-9-11-24(25(15-19)36-3)37-14-13-31-12-5-7-20(31)16-22-26(33)30-28(35)32(27(22)34)21-10-8-18(2)23(29)17-21/h4-5,7-12,15-17H,1,6,13-14H2,2-3H3,(H,30,33,35)/b22-16-. The number of carbonyl (C=O) groups is 3. The smallest absolute Gasteiger partial charge is 0.335 e. The van der Waals surface area contributed by atoms with Crippen LogP contribution in [0.15, 0.2) is 73.0 Å². The van der Waals surface area contributed by atoms with Crippen LogP contribution in [0.5, 0.6) is 11.5 Å².